The van der Waals surface area contributed by atoms with E-state index in [4.69, 9.17) is 0 Å². The van der Waals surface area contributed by atoms with Gasteiger partial charge in [-0.2, -0.15) is 0 Å². The predicted octanol–water partition coefficient (Wildman–Crippen LogP) is 17.5. The molecule has 0 saturated heterocycles. The van der Waals surface area contributed by atoms with Crippen molar-refractivity contribution in [3.05, 3.63) is 198 Å². The van der Waals surface area contributed by atoms with Crippen LogP contribution in [0.15, 0.2) is 176 Å². The van der Waals surface area contributed by atoms with Gasteiger partial charge in [-0.1, -0.05) is 184 Å². The van der Waals surface area contributed by atoms with E-state index in [0.717, 1.165) is 12.8 Å². The van der Waals surface area contributed by atoms with Crippen LogP contribution in [0.5, 0.6) is 0 Å². The highest BCUT2D eigenvalue weighted by molar-refractivity contribution is 7.00. The predicted molar refractivity (Wildman–Crippen MR) is 329 cm³/mol. The molecule has 2 fully saturated rings. The van der Waals surface area contributed by atoms with E-state index in [1.54, 1.807) is 0 Å². The highest BCUT2D eigenvalue weighted by Crippen LogP contribution is 2.64. The Labute approximate surface area is 459 Å². The van der Waals surface area contributed by atoms with E-state index >= 15 is 0 Å². The minimum absolute atomic E-state index is 0.00456. The van der Waals surface area contributed by atoms with Crippen LogP contribution in [0, 0.1) is 0 Å². The third-order valence-corrected chi connectivity index (χ3v) is 20.7. The Morgan fingerprint density at radius 3 is 1.48 bits per heavy atom. The molecule has 2 saturated carbocycles. The Morgan fingerprint density at radius 2 is 0.844 bits per heavy atom. The van der Waals surface area contributed by atoms with Crippen LogP contribution in [0.4, 0.5) is 56.9 Å². The van der Waals surface area contributed by atoms with Gasteiger partial charge in [-0.3, -0.25) is 0 Å². The fourth-order valence-electron chi connectivity index (χ4n) is 16.0. The number of hydrogen-bond donors (Lipinski definition) is 0. The number of fused-ring (bicyclic) bond motifs is 10. The molecule has 8 aromatic carbocycles. The molecule has 2 aliphatic carbocycles. The molecule has 6 aliphatic rings. The molecule has 386 valence electrons. The SMILES string of the molecule is CC(C)(C)c1ccc(N2c3cc(N4c5ccc(-c6ccccc6)cc5C5(C)CCCCC45C)ccc3B3c4ccccc4N(c4ccccc4)c4cc(N5c6ccc(C(C)(C)C)cc6C6(C)CCCCC56C)cc2c43)cc1. The minimum atomic E-state index is -0.140. The number of hydrogen-bond acceptors (Lipinski definition) is 4. The number of nitrogens with zero attached hydrogens (tertiary/aromatic N) is 4. The van der Waals surface area contributed by atoms with Crippen LogP contribution >= 0.6 is 0 Å². The van der Waals surface area contributed by atoms with Gasteiger partial charge in [0.2, 0.25) is 0 Å². The maximum Gasteiger partial charge on any atom is 0.252 e. The third-order valence-electron chi connectivity index (χ3n) is 20.7. The summed E-state index contributed by atoms with van der Waals surface area (Å²) in [6.45, 7) is 24.5. The normalized spacial score (nSPS) is 23.9. The van der Waals surface area contributed by atoms with Gasteiger partial charge in [0.1, 0.15) is 0 Å². The Hall–Kier alpha value is -6.98. The van der Waals surface area contributed by atoms with Gasteiger partial charge in [0.25, 0.3) is 6.71 Å². The van der Waals surface area contributed by atoms with Crippen molar-refractivity contribution in [3.63, 3.8) is 0 Å². The van der Waals surface area contributed by atoms with Crippen LogP contribution in [-0.4, -0.2) is 17.8 Å². The first-order valence-electron chi connectivity index (χ1n) is 29.1. The summed E-state index contributed by atoms with van der Waals surface area (Å²) in [5.41, 5.74) is 24.8. The molecule has 4 atom stereocenters. The zero-order valence-corrected chi connectivity index (χ0v) is 47.3. The van der Waals surface area contributed by atoms with Crippen LogP contribution in [0.2, 0.25) is 0 Å². The fourth-order valence-corrected chi connectivity index (χ4v) is 16.0. The minimum Gasteiger partial charge on any atom is -0.334 e. The smallest absolute Gasteiger partial charge is 0.252 e. The number of rotatable bonds is 5. The zero-order valence-electron chi connectivity index (χ0n) is 47.3. The lowest BCUT2D eigenvalue weighted by Crippen LogP contribution is -2.61. The molecule has 0 N–H and O–H groups in total. The molecule has 4 heterocycles. The molecular formula is C72H75BN4. The second-order valence-electron chi connectivity index (χ2n) is 26.8. The average molecular weight is 1010 g/mol. The molecule has 0 aromatic heterocycles. The molecule has 4 aliphatic heterocycles. The Balaban J connectivity index is 1.05. The topological polar surface area (TPSA) is 13.0 Å². The van der Waals surface area contributed by atoms with Crippen LogP contribution in [0.3, 0.4) is 0 Å². The lowest BCUT2D eigenvalue weighted by molar-refractivity contribution is 0.195. The van der Waals surface area contributed by atoms with E-state index in [2.05, 4.69) is 265 Å². The van der Waals surface area contributed by atoms with E-state index in [-0.39, 0.29) is 39.5 Å². The second kappa shape index (κ2) is 16.8. The fraction of sp³-hybridized carbons (Fsp3) is 0.333. The first-order chi connectivity index (χ1) is 36.9. The lowest BCUT2D eigenvalue weighted by atomic mass is 9.33. The van der Waals surface area contributed by atoms with E-state index in [9.17, 15) is 0 Å². The Kier molecular flexibility index (Phi) is 10.5. The van der Waals surface area contributed by atoms with Crippen LogP contribution in [0.25, 0.3) is 11.1 Å². The summed E-state index contributed by atoms with van der Waals surface area (Å²) in [5, 5.41) is 0. The van der Waals surface area contributed by atoms with Crippen molar-refractivity contribution in [1.29, 1.82) is 0 Å². The summed E-state index contributed by atoms with van der Waals surface area (Å²) in [5.74, 6) is 0. The van der Waals surface area contributed by atoms with E-state index in [0.29, 0.717) is 0 Å². The average Bonchev–Trinajstić information content (AvgIpc) is 4.07. The van der Waals surface area contributed by atoms with Crippen LogP contribution in [0.1, 0.15) is 143 Å². The molecule has 77 heavy (non-hydrogen) atoms. The van der Waals surface area contributed by atoms with Crippen molar-refractivity contribution in [3.8, 4) is 11.1 Å². The standard InChI is InChI=1S/C72H75BN4/c1-67(2,3)50-30-33-53(34-31-50)75-63-45-54(76-60-37-29-49(48-23-13-11-14-24-48)43-56(60)69(7)39-19-21-41-71(69,76)9)35-36-59(63)73-58-27-17-18-28-62(58)74(52-25-15-12-16-26-52)64-46-55(47-65(75)66(64)73)77-61-38-32-51(68(4,5)6)44-57(61)70(8)40-20-22-42-72(70,77)10/h11-18,23-38,43-47H,19-22,39-42H2,1-10H3. The van der Waals surface area contributed by atoms with Gasteiger partial charge in [0, 0.05) is 67.7 Å². The molecule has 4 unspecified atom stereocenters. The molecule has 8 aromatic rings. The van der Waals surface area contributed by atoms with Gasteiger partial charge >= 0.3 is 0 Å². The number of anilines is 10. The lowest BCUT2D eigenvalue weighted by Gasteiger charge is -2.51. The molecule has 14 rings (SSSR count). The first kappa shape index (κ1) is 48.4. The van der Waals surface area contributed by atoms with E-state index in [1.165, 1.54) is 145 Å². The Bertz CT molecular complexity index is 3660. The highest BCUT2D eigenvalue weighted by atomic mass is 15.3. The second-order valence-corrected chi connectivity index (χ2v) is 26.8. The molecule has 0 amide bonds. The monoisotopic (exact) mass is 1010 g/mol. The van der Waals surface area contributed by atoms with E-state index in [1.807, 2.05) is 0 Å². The largest absolute Gasteiger partial charge is 0.334 e. The summed E-state index contributed by atoms with van der Waals surface area (Å²) >= 11 is 0. The van der Waals surface area contributed by atoms with Crippen molar-refractivity contribution in [2.45, 2.75) is 153 Å². The summed E-state index contributed by atoms with van der Waals surface area (Å²) in [6.07, 6.45) is 9.57. The molecule has 4 nitrogen and oxygen atoms in total. The maximum absolute atomic E-state index is 2.83. The van der Waals surface area contributed by atoms with Crippen molar-refractivity contribution in [2.75, 3.05) is 19.6 Å². The van der Waals surface area contributed by atoms with Crippen molar-refractivity contribution in [1.82, 2.24) is 0 Å². The number of para-hydroxylation sites is 2. The van der Waals surface area contributed by atoms with Crippen molar-refractivity contribution < 1.29 is 0 Å². The van der Waals surface area contributed by atoms with Crippen molar-refractivity contribution in [2.24, 2.45) is 0 Å². The summed E-state index contributed by atoms with van der Waals surface area (Å²) in [7, 11) is 0. The van der Waals surface area contributed by atoms with Gasteiger partial charge < -0.3 is 19.6 Å². The number of benzene rings is 8. The quantitative estimate of drug-likeness (QED) is 0.159. The summed E-state index contributed by atoms with van der Waals surface area (Å²) < 4.78 is 0. The highest BCUT2D eigenvalue weighted by Gasteiger charge is 2.60. The van der Waals surface area contributed by atoms with Gasteiger partial charge in [0.15, 0.2) is 0 Å². The van der Waals surface area contributed by atoms with Gasteiger partial charge in [0.05, 0.1) is 11.1 Å². The summed E-state index contributed by atoms with van der Waals surface area (Å²) in [4.78, 5) is 10.9. The van der Waals surface area contributed by atoms with E-state index < -0.39 is 0 Å². The third kappa shape index (κ3) is 6.83. The Morgan fingerprint density at radius 1 is 0.364 bits per heavy atom. The van der Waals surface area contributed by atoms with Crippen LogP contribution in [-0.2, 0) is 21.7 Å². The van der Waals surface area contributed by atoms with Gasteiger partial charge in [-0.05, 0) is 173 Å². The van der Waals surface area contributed by atoms with Gasteiger partial charge in [-0.25, -0.2) is 0 Å². The first-order valence-corrected chi connectivity index (χ1v) is 29.1. The molecular weight excluding hydrogens is 932 g/mol. The van der Waals surface area contributed by atoms with Crippen LogP contribution < -0.4 is 36.0 Å². The van der Waals surface area contributed by atoms with Gasteiger partial charge in [-0.15, -0.1) is 0 Å². The molecule has 5 heteroatoms. The maximum atomic E-state index is 2.83. The van der Waals surface area contributed by atoms with Crippen molar-refractivity contribution >= 4 is 80.0 Å². The summed E-state index contributed by atoms with van der Waals surface area (Å²) in [6, 6.07) is 68.8. The molecule has 0 radical (unpaired) electrons. The molecule has 0 bridgehead atoms. The molecule has 0 spiro atoms. The zero-order chi connectivity index (χ0) is 53.0.